The van der Waals surface area contributed by atoms with E-state index in [0.29, 0.717) is 6.54 Å². The van der Waals surface area contributed by atoms with Crippen LogP contribution in [0.4, 0.5) is 0 Å². The normalized spacial score (nSPS) is 17.5. The van der Waals surface area contributed by atoms with Crippen molar-refractivity contribution >= 4 is 22.7 Å². The van der Waals surface area contributed by atoms with Crippen molar-refractivity contribution in [1.82, 2.24) is 4.57 Å². The fourth-order valence-electron chi connectivity index (χ4n) is 2.07. The first-order valence-corrected chi connectivity index (χ1v) is 7.04. The Bertz CT molecular complexity index is 528. The lowest BCUT2D eigenvalue weighted by atomic mass is 10.2. The summed E-state index contributed by atoms with van der Waals surface area (Å²) >= 11 is 1.99. The molecular weight excluding hydrogens is 230 g/mol. The fraction of sp³-hybridized carbons (Fsp3) is 0.429. The number of hydrogen-bond donors (Lipinski definition) is 1. The smallest absolute Gasteiger partial charge is 0.0691 e. The second kappa shape index (κ2) is 4.39. The highest BCUT2D eigenvalue weighted by Gasteiger charge is 2.22. The summed E-state index contributed by atoms with van der Waals surface area (Å²) in [5.41, 5.74) is 1.21. The lowest BCUT2D eigenvalue weighted by molar-refractivity contribution is 0.175. The maximum Gasteiger partial charge on any atom is 0.0691 e. The Balaban J connectivity index is 1.89. The van der Waals surface area contributed by atoms with Gasteiger partial charge in [-0.1, -0.05) is 0 Å². The molecule has 1 saturated carbocycles. The number of aliphatic hydroxyl groups is 1. The average Bonchev–Trinajstić information content (AvgIpc) is 3.00. The standard InChI is InChI=1S/C14H17NOS/c1-10(16)9-15-7-6-11-8-13(4-5-14(11)15)17-12-2-3-12/h4-8,10,12,16H,2-3,9H2,1H3. The van der Waals surface area contributed by atoms with Crippen LogP contribution in [0.15, 0.2) is 35.4 Å². The van der Waals surface area contributed by atoms with Gasteiger partial charge in [0, 0.05) is 33.8 Å². The molecule has 1 heterocycles. The highest BCUT2D eigenvalue weighted by molar-refractivity contribution is 8.00. The zero-order valence-corrected chi connectivity index (χ0v) is 10.8. The van der Waals surface area contributed by atoms with E-state index in [4.69, 9.17) is 0 Å². The van der Waals surface area contributed by atoms with Crippen molar-refractivity contribution in [1.29, 1.82) is 0 Å². The average molecular weight is 247 g/mol. The van der Waals surface area contributed by atoms with Gasteiger partial charge < -0.3 is 9.67 Å². The van der Waals surface area contributed by atoms with Crippen LogP contribution in [0.1, 0.15) is 19.8 Å². The van der Waals surface area contributed by atoms with Crippen molar-refractivity contribution in [3.63, 3.8) is 0 Å². The largest absolute Gasteiger partial charge is 0.392 e. The van der Waals surface area contributed by atoms with Crippen LogP contribution in [0, 0.1) is 0 Å². The minimum Gasteiger partial charge on any atom is -0.392 e. The molecule has 90 valence electrons. The van der Waals surface area contributed by atoms with Crippen molar-refractivity contribution in [3.8, 4) is 0 Å². The Morgan fingerprint density at radius 1 is 1.41 bits per heavy atom. The molecule has 0 aliphatic heterocycles. The van der Waals surface area contributed by atoms with Crippen LogP contribution in [0.2, 0.25) is 0 Å². The van der Waals surface area contributed by atoms with Gasteiger partial charge in [-0.15, -0.1) is 11.8 Å². The third-order valence-electron chi connectivity index (χ3n) is 3.03. The van der Waals surface area contributed by atoms with Crippen LogP contribution >= 0.6 is 11.8 Å². The molecule has 0 amide bonds. The minimum atomic E-state index is -0.300. The summed E-state index contributed by atoms with van der Waals surface area (Å²) in [7, 11) is 0. The van der Waals surface area contributed by atoms with Gasteiger partial charge in [0.05, 0.1) is 6.10 Å². The van der Waals surface area contributed by atoms with E-state index in [0.717, 1.165) is 5.25 Å². The summed E-state index contributed by atoms with van der Waals surface area (Å²) < 4.78 is 2.12. The molecule has 2 nitrogen and oxygen atoms in total. The van der Waals surface area contributed by atoms with Crippen LogP contribution in [0.5, 0.6) is 0 Å². The molecule has 1 N–H and O–H groups in total. The molecule has 1 fully saturated rings. The van der Waals surface area contributed by atoms with Crippen molar-refractivity contribution in [3.05, 3.63) is 30.5 Å². The number of fused-ring (bicyclic) bond motifs is 1. The molecule has 1 unspecified atom stereocenters. The van der Waals surface area contributed by atoms with Gasteiger partial charge in [-0.3, -0.25) is 0 Å². The van der Waals surface area contributed by atoms with Crippen molar-refractivity contribution in [2.45, 2.75) is 42.6 Å². The van der Waals surface area contributed by atoms with Gasteiger partial charge in [-0.25, -0.2) is 0 Å². The maximum atomic E-state index is 9.44. The number of aromatic nitrogens is 1. The Labute approximate surface area is 106 Å². The van der Waals surface area contributed by atoms with Crippen LogP contribution < -0.4 is 0 Å². The first kappa shape index (κ1) is 11.2. The number of rotatable bonds is 4. The molecule has 17 heavy (non-hydrogen) atoms. The Morgan fingerprint density at radius 3 is 2.94 bits per heavy atom. The quantitative estimate of drug-likeness (QED) is 0.897. The Hall–Kier alpha value is -0.930. The summed E-state index contributed by atoms with van der Waals surface area (Å²) in [6.45, 7) is 2.49. The van der Waals surface area contributed by atoms with E-state index in [9.17, 15) is 5.11 Å². The van der Waals surface area contributed by atoms with Crippen LogP contribution in [0.25, 0.3) is 10.9 Å². The molecule has 0 spiro atoms. The van der Waals surface area contributed by atoms with Gasteiger partial charge in [0.25, 0.3) is 0 Å². The van der Waals surface area contributed by atoms with E-state index in [1.54, 1.807) is 0 Å². The molecule has 0 bridgehead atoms. The van der Waals surface area contributed by atoms with Gasteiger partial charge in [-0.2, -0.15) is 0 Å². The van der Waals surface area contributed by atoms with Crippen LogP contribution in [-0.2, 0) is 6.54 Å². The van der Waals surface area contributed by atoms with E-state index in [2.05, 4.69) is 35.0 Å². The molecule has 1 aliphatic carbocycles. The van der Waals surface area contributed by atoms with Crippen LogP contribution in [-0.4, -0.2) is 21.0 Å². The van der Waals surface area contributed by atoms with Gasteiger partial charge >= 0.3 is 0 Å². The second-order valence-electron chi connectivity index (χ2n) is 4.85. The van der Waals surface area contributed by atoms with E-state index in [1.807, 2.05) is 18.7 Å². The van der Waals surface area contributed by atoms with Crippen LogP contribution in [0.3, 0.4) is 0 Å². The lowest BCUT2D eigenvalue weighted by Crippen LogP contribution is -2.10. The molecule has 1 aromatic carbocycles. The number of hydrogen-bond acceptors (Lipinski definition) is 2. The Kier molecular flexibility index (Phi) is 2.89. The molecule has 0 saturated heterocycles. The fourth-order valence-corrected chi connectivity index (χ4v) is 3.17. The van der Waals surface area contributed by atoms with Gasteiger partial charge in [-0.05, 0) is 44.0 Å². The maximum absolute atomic E-state index is 9.44. The summed E-state index contributed by atoms with van der Waals surface area (Å²) in [6.07, 6.45) is 4.49. The van der Waals surface area contributed by atoms with E-state index in [-0.39, 0.29) is 6.10 Å². The summed E-state index contributed by atoms with van der Waals surface area (Å²) in [5.74, 6) is 0. The van der Waals surface area contributed by atoms with E-state index in [1.165, 1.54) is 28.6 Å². The van der Waals surface area contributed by atoms with Gasteiger partial charge in [0.1, 0.15) is 0 Å². The molecule has 1 atom stereocenters. The highest BCUT2D eigenvalue weighted by atomic mass is 32.2. The van der Waals surface area contributed by atoms with Crippen molar-refractivity contribution < 1.29 is 5.11 Å². The topological polar surface area (TPSA) is 25.2 Å². The molecule has 2 aromatic rings. The minimum absolute atomic E-state index is 0.300. The summed E-state index contributed by atoms with van der Waals surface area (Å²) in [4.78, 5) is 1.37. The monoisotopic (exact) mass is 247 g/mol. The molecule has 3 heteroatoms. The number of aliphatic hydroxyl groups excluding tert-OH is 1. The Morgan fingerprint density at radius 2 is 2.24 bits per heavy atom. The predicted octanol–water partition coefficient (Wildman–Crippen LogP) is 3.28. The molecule has 1 aromatic heterocycles. The third-order valence-corrected chi connectivity index (χ3v) is 4.36. The third kappa shape index (κ3) is 2.50. The zero-order valence-electron chi connectivity index (χ0n) is 9.97. The SMILES string of the molecule is CC(O)Cn1ccc2cc(SC3CC3)ccc21. The zero-order chi connectivity index (χ0) is 11.8. The first-order chi connectivity index (χ1) is 8.22. The van der Waals surface area contributed by atoms with Gasteiger partial charge in [0.15, 0.2) is 0 Å². The van der Waals surface area contributed by atoms with E-state index < -0.39 is 0 Å². The lowest BCUT2D eigenvalue weighted by Gasteiger charge is -2.08. The summed E-state index contributed by atoms with van der Waals surface area (Å²) in [6, 6.07) is 8.76. The van der Waals surface area contributed by atoms with Gasteiger partial charge in [0.2, 0.25) is 0 Å². The summed E-state index contributed by atoms with van der Waals surface area (Å²) in [5, 5.41) is 11.6. The first-order valence-electron chi connectivity index (χ1n) is 6.16. The van der Waals surface area contributed by atoms with E-state index >= 15 is 0 Å². The second-order valence-corrected chi connectivity index (χ2v) is 6.23. The van der Waals surface area contributed by atoms with Crippen molar-refractivity contribution in [2.75, 3.05) is 0 Å². The number of nitrogens with zero attached hydrogens (tertiary/aromatic N) is 1. The number of benzene rings is 1. The van der Waals surface area contributed by atoms with Crippen molar-refractivity contribution in [2.24, 2.45) is 0 Å². The molecule has 3 rings (SSSR count). The number of thioether (sulfide) groups is 1. The molecule has 1 aliphatic rings. The highest BCUT2D eigenvalue weighted by Crippen LogP contribution is 2.39. The molecular formula is C14H17NOS. The predicted molar refractivity (Wildman–Crippen MR) is 72.5 cm³/mol. The molecule has 0 radical (unpaired) electrons.